The van der Waals surface area contributed by atoms with Gasteiger partial charge >= 0.3 is 6.09 Å². The fraction of sp³-hybridized carbons (Fsp3) is 0.800. The standard InChI is InChI=1S/C5H10N2O2S2.Zn/c8-5(7(10)11)9-6-3-1-2-4-6;/h10-11H,1-4H2;. The molecule has 12 heavy (non-hydrogen) atoms. The van der Waals surface area contributed by atoms with Crippen LogP contribution in [0.3, 0.4) is 0 Å². The molecule has 1 rings (SSSR count). The van der Waals surface area contributed by atoms with Gasteiger partial charge in [0, 0.05) is 32.6 Å². The van der Waals surface area contributed by atoms with E-state index >= 15 is 0 Å². The predicted molar refractivity (Wildman–Crippen MR) is 47.1 cm³/mol. The van der Waals surface area contributed by atoms with Gasteiger partial charge < -0.3 is 4.84 Å². The Hall–Kier alpha value is 0.553. The second-order valence-corrected chi connectivity index (χ2v) is 3.40. The maximum atomic E-state index is 10.8. The van der Waals surface area contributed by atoms with E-state index in [0.717, 1.165) is 29.6 Å². The van der Waals surface area contributed by atoms with E-state index in [1.807, 2.05) is 0 Å². The molecule has 7 heteroatoms. The first kappa shape index (κ1) is 12.6. The van der Waals surface area contributed by atoms with Crippen LogP contribution in [0.2, 0.25) is 0 Å². The Morgan fingerprint density at radius 3 is 2.25 bits per heavy atom. The van der Waals surface area contributed by atoms with E-state index in [-0.39, 0.29) is 19.5 Å². The molecule has 0 aromatic heterocycles. The molecule has 0 atom stereocenters. The van der Waals surface area contributed by atoms with Crippen molar-refractivity contribution in [2.75, 3.05) is 13.1 Å². The number of hydroxylamine groups is 2. The Morgan fingerprint density at radius 2 is 1.83 bits per heavy atom. The Bertz CT molecular complexity index is 152. The molecule has 0 spiro atoms. The first-order chi connectivity index (χ1) is 5.20. The van der Waals surface area contributed by atoms with E-state index < -0.39 is 6.09 Å². The van der Waals surface area contributed by atoms with Crippen LogP contribution in [0.5, 0.6) is 0 Å². The summed E-state index contributed by atoms with van der Waals surface area (Å²) in [6, 6.07) is 0. The van der Waals surface area contributed by atoms with Crippen LogP contribution in [-0.4, -0.2) is 28.0 Å². The van der Waals surface area contributed by atoms with Gasteiger partial charge in [0.25, 0.3) is 0 Å². The maximum Gasteiger partial charge on any atom is 0.449 e. The molecule has 0 aliphatic carbocycles. The van der Waals surface area contributed by atoms with Crippen LogP contribution in [0.1, 0.15) is 12.8 Å². The molecule has 1 aliphatic heterocycles. The molecule has 0 radical (unpaired) electrons. The molecule has 66 valence electrons. The van der Waals surface area contributed by atoms with Crippen LogP contribution >= 0.6 is 25.6 Å². The van der Waals surface area contributed by atoms with Gasteiger partial charge in [0.1, 0.15) is 0 Å². The summed E-state index contributed by atoms with van der Waals surface area (Å²) in [6.07, 6.45) is 1.59. The summed E-state index contributed by atoms with van der Waals surface area (Å²) in [5.74, 6) is 0. The van der Waals surface area contributed by atoms with Gasteiger partial charge in [0.05, 0.1) is 0 Å². The van der Waals surface area contributed by atoms with E-state index in [4.69, 9.17) is 4.84 Å². The normalized spacial score (nSPS) is 16.8. The number of thiol groups is 2. The third kappa shape index (κ3) is 3.98. The minimum atomic E-state index is -0.557. The number of amides is 1. The molecule has 4 nitrogen and oxygen atoms in total. The van der Waals surface area contributed by atoms with Gasteiger partial charge in [-0.05, 0) is 38.5 Å². The second kappa shape index (κ2) is 6.08. The molecule has 1 saturated heterocycles. The summed E-state index contributed by atoms with van der Waals surface area (Å²) >= 11 is 7.32. The van der Waals surface area contributed by atoms with Crippen molar-refractivity contribution in [2.45, 2.75) is 12.8 Å². The second-order valence-electron chi connectivity index (χ2n) is 2.28. The molecule has 1 heterocycles. The fourth-order valence-corrected chi connectivity index (χ4v) is 0.999. The third-order valence-corrected chi connectivity index (χ3v) is 1.76. The largest absolute Gasteiger partial charge is 0.449 e. The number of carbonyl (C=O) groups excluding carboxylic acids is 1. The van der Waals surface area contributed by atoms with Crippen molar-refractivity contribution >= 4 is 31.7 Å². The molecule has 1 aliphatic rings. The molecule has 1 fully saturated rings. The fourth-order valence-electron chi connectivity index (χ4n) is 0.926. The molecule has 0 unspecified atom stereocenters. The zero-order chi connectivity index (χ0) is 8.27. The van der Waals surface area contributed by atoms with E-state index in [0.29, 0.717) is 0 Å². The van der Waals surface area contributed by atoms with Gasteiger partial charge in [-0.2, -0.15) is 3.71 Å². The SMILES string of the molecule is O=C(ON1CCCC1)N(S)S.[Zn]. The zero-order valence-corrected chi connectivity index (χ0v) is 11.4. The van der Waals surface area contributed by atoms with E-state index in [2.05, 4.69) is 25.6 Å². The Morgan fingerprint density at radius 1 is 1.33 bits per heavy atom. The first-order valence-corrected chi connectivity index (χ1v) is 4.15. The van der Waals surface area contributed by atoms with Crippen molar-refractivity contribution < 1.29 is 29.1 Å². The van der Waals surface area contributed by atoms with Gasteiger partial charge in [0.15, 0.2) is 0 Å². The average molecular weight is 260 g/mol. The maximum absolute atomic E-state index is 10.8. The van der Waals surface area contributed by atoms with Gasteiger partial charge in [0.2, 0.25) is 0 Å². The van der Waals surface area contributed by atoms with Gasteiger partial charge in [-0.15, -0.1) is 5.06 Å². The van der Waals surface area contributed by atoms with E-state index in [1.165, 1.54) is 0 Å². The Kier molecular flexibility index (Phi) is 6.36. The number of hydrogen-bond acceptors (Lipinski definition) is 5. The first-order valence-electron chi connectivity index (χ1n) is 3.35. The molecule has 0 aromatic carbocycles. The van der Waals surface area contributed by atoms with Crippen LogP contribution in [0.4, 0.5) is 4.79 Å². The van der Waals surface area contributed by atoms with E-state index in [9.17, 15) is 4.79 Å². The molecule has 1 amide bonds. The minimum absolute atomic E-state index is 0. The molecule has 0 aromatic rings. The number of carbonyl (C=O) groups is 1. The van der Waals surface area contributed by atoms with Crippen molar-refractivity contribution in [2.24, 2.45) is 0 Å². The molecular weight excluding hydrogens is 250 g/mol. The summed E-state index contributed by atoms with van der Waals surface area (Å²) < 4.78 is 0.818. The van der Waals surface area contributed by atoms with Gasteiger partial charge in [-0.1, -0.05) is 0 Å². The summed E-state index contributed by atoms with van der Waals surface area (Å²) in [5, 5.41) is 1.61. The van der Waals surface area contributed by atoms with E-state index in [1.54, 1.807) is 5.06 Å². The van der Waals surface area contributed by atoms with Crippen molar-refractivity contribution in [1.82, 2.24) is 8.77 Å². The third-order valence-electron chi connectivity index (χ3n) is 1.44. The number of nitrogens with zero attached hydrogens (tertiary/aromatic N) is 2. The smallest absolute Gasteiger partial charge is 0.350 e. The van der Waals surface area contributed by atoms with Gasteiger partial charge in [-0.25, -0.2) is 4.79 Å². The van der Waals surface area contributed by atoms with Crippen LogP contribution in [0.15, 0.2) is 0 Å². The summed E-state index contributed by atoms with van der Waals surface area (Å²) in [7, 11) is 0. The summed E-state index contributed by atoms with van der Waals surface area (Å²) in [4.78, 5) is 15.6. The molecule has 0 saturated carbocycles. The number of hydrogen-bond donors (Lipinski definition) is 2. The van der Waals surface area contributed by atoms with Crippen LogP contribution in [0, 0.1) is 0 Å². The Balaban J connectivity index is 0.00000121. The minimum Gasteiger partial charge on any atom is -0.350 e. The zero-order valence-electron chi connectivity index (χ0n) is 6.64. The molecular formula is C5H10N2O2S2Zn. The molecule has 0 N–H and O–H groups in total. The monoisotopic (exact) mass is 258 g/mol. The predicted octanol–water partition coefficient (Wildman–Crippen LogP) is 1.12. The van der Waals surface area contributed by atoms with Crippen molar-refractivity contribution in [1.29, 1.82) is 0 Å². The van der Waals surface area contributed by atoms with Crippen LogP contribution in [0.25, 0.3) is 0 Å². The van der Waals surface area contributed by atoms with Crippen molar-refractivity contribution in [3.05, 3.63) is 0 Å². The van der Waals surface area contributed by atoms with Crippen molar-refractivity contribution in [3.63, 3.8) is 0 Å². The molecule has 0 bridgehead atoms. The van der Waals surface area contributed by atoms with Gasteiger partial charge in [-0.3, -0.25) is 0 Å². The average Bonchev–Trinajstić information content (AvgIpc) is 2.39. The van der Waals surface area contributed by atoms with Crippen molar-refractivity contribution in [3.8, 4) is 0 Å². The summed E-state index contributed by atoms with van der Waals surface area (Å²) in [5.41, 5.74) is 0. The number of rotatable bonds is 1. The summed E-state index contributed by atoms with van der Waals surface area (Å²) in [6.45, 7) is 1.61. The topological polar surface area (TPSA) is 32.8 Å². The van der Waals surface area contributed by atoms with Crippen LogP contribution < -0.4 is 0 Å². The quantitative estimate of drug-likeness (QED) is 0.547. The van der Waals surface area contributed by atoms with Crippen LogP contribution in [-0.2, 0) is 24.3 Å². The Labute approximate surface area is 95.4 Å².